The Morgan fingerprint density at radius 2 is 2.00 bits per heavy atom. The summed E-state index contributed by atoms with van der Waals surface area (Å²) in [5.41, 5.74) is 1.31. The summed E-state index contributed by atoms with van der Waals surface area (Å²) >= 11 is 3.45. The number of carbonyl (C=O) groups is 1. The van der Waals surface area contributed by atoms with Crippen molar-refractivity contribution in [2.24, 2.45) is 11.3 Å². The molecule has 0 heterocycles. The first kappa shape index (κ1) is 17.2. The van der Waals surface area contributed by atoms with E-state index in [0.29, 0.717) is 24.5 Å². The summed E-state index contributed by atoms with van der Waals surface area (Å²) in [6.45, 7) is 8.81. The molecule has 0 bridgehead atoms. The van der Waals surface area contributed by atoms with Crippen molar-refractivity contribution < 1.29 is 9.53 Å². The van der Waals surface area contributed by atoms with E-state index in [9.17, 15) is 4.79 Å². The molecular formula is C17H25BrO2. The summed E-state index contributed by atoms with van der Waals surface area (Å²) in [5.74, 6) is 1.53. The van der Waals surface area contributed by atoms with Crippen molar-refractivity contribution in [3.05, 3.63) is 28.2 Å². The van der Waals surface area contributed by atoms with Gasteiger partial charge in [0.15, 0.2) is 0 Å². The van der Waals surface area contributed by atoms with Gasteiger partial charge in [0, 0.05) is 12.8 Å². The number of benzene rings is 1. The molecule has 1 aromatic carbocycles. The van der Waals surface area contributed by atoms with Crippen molar-refractivity contribution in [3.8, 4) is 5.75 Å². The Hall–Kier alpha value is -0.830. The zero-order chi connectivity index (χ0) is 15.3. The fraction of sp³-hybridized carbons (Fsp3) is 0.588. The molecule has 0 N–H and O–H groups in total. The Morgan fingerprint density at radius 1 is 1.35 bits per heavy atom. The second kappa shape index (κ2) is 7.26. The summed E-state index contributed by atoms with van der Waals surface area (Å²) in [5, 5.41) is 0. The highest BCUT2D eigenvalue weighted by Gasteiger charge is 2.18. The minimum Gasteiger partial charge on any atom is -0.496 e. The Balaban J connectivity index is 2.56. The number of ether oxygens (including phenoxy) is 1. The molecule has 0 aromatic heterocycles. The van der Waals surface area contributed by atoms with Gasteiger partial charge in [-0.25, -0.2) is 0 Å². The van der Waals surface area contributed by atoms with E-state index in [-0.39, 0.29) is 5.41 Å². The van der Waals surface area contributed by atoms with Gasteiger partial charge in [0.25, 0.3) is 0 Å². The van der Waals surface area contributed by atoms with Gasteiger partial charge in [0.05, 0.1) is 11.6 Å². The summed E-state index contributed by atoms with van der Waals surface area (Å²) < 4.78 is 6.09. The van der Waals surface area contributed by atoms with Crippen molar-refractivity contribution in [3.63, 3.8) is 0 Å². The van der Waals surface area contributed by atoms with Crippen LogP contribution in [0.15, 0.2) is 22.7 Å². The lowest BCUT2D eigenvalue weighted by Crippen LogP contribution is -2.15. The predicted molar refractivity (Wildman–Crippen MR) is 87.3 cm³/mol. The van der Waals surface area contributed by atoms with Crippen molar-refractivity contribution in [2.45, 2.75) is 47.0 Å². The normalized spacial score (nSPS) is 13.1. The van der Waals surface area contributed by atoms with Crippen LogP contribution in [0, 0.1) is 11.3 Å². The molecule has 0 spiro atoms. The first-order valence-electron chi connectivity index (χ1n) is 7.05. The zero-order valence-corrected chi connectivity index (χ0v) is 14.7. The third-order valence-electron chi connectivity index (χ3n) is 3.15. The van der Waals surface area contributed by atoms with Crippen LogP contribution in [0.25, 0.3) is 0 Å². The molecule has 0 radical (unpaired) electrons. The van der Waals surface area contributed by atoms with Crippen LogP contribution in [-0.2, 0) is 11.2 Å². The monoisotopic (exact) mass is 340 g/mol. The first-order chi connectivity index (χ1) is 9.21. The van der Waals surface area contributed by atoms with Crippen LogP contribution < -0.4 is 4.74 Å². The van der Waals surface area contributed by atoms with E-state index in [2.05, 4.69) is 43.6 Å². The van der Waals surface area contributed by atoms with Gasteiger partial charge in [-0.05, 0) is 51.4 Å². The van der Waals surface area contributed by atoms with Crippen LogP contribution in [0.1, 0.15) is 46.1 Å². The van der Waals surface area contributed by atoms with Crippen LogP contribution in [-0.4, -0.2) is 12.9 Å². The molecular weight excluding hydrogens is 316 g/mol. The minimum atomic E-state index is 0.281. The number of hydrogen-bond acceptors (Lipinski definition) is 2. The van der Waals surface area contributed by atoms with Gasteiger partial charge in [0.1, 0.15) is 11.5 Å². The predicted octanol–water partition coefficient (Wildman–Crippen LogP) is 5.03. The summed E-state index contributed by atoms with van der Waals surface area (Å²) in [4.78, 5) is 12.1. The molecule has 0 amide bonds. The Labute approximate surface area is 131 Å². The van der Waals surface area contributed by atoms with E-state index < -0.39 is 0 Å². The molecule has 112 valence electrons. The van der Waals surface area contributed by atoms with Crippen LogP contribution >= 0.6 is 15.9 Å². The zero-order valence-electron chi connectivity index (χ0n) is 13.1. The lowest BCUT2D eigenvalue weighted by molar-refractivity contribution is -0.119. The third kappa shape index (κ3) is 6.08. The Morgan fingerprint density at radius 3 is 2.50 bits per heavy atom. The second-order valence-corrected chi connectivity index (χ2v) is 7.61. The SMILES string of the molecule is COc1ccc(CC(=O)CC(C)CC(C)(C)C)cc1Br. The number of methoxy groups -OCH3 is 1. The van der Waals surface area contributed by atoms with E-state index in [1.807, 2.05) is 18.2 Å². The van der Waals surface area contributed by atoms with E-state index in [1.54, 1.807) is 7.11 Å². The standard InChI is InChI=1S/C17H25BrO2/c1-12(11-17(2,3)4)8-14(19)9-13-6-7-16(20-5)15(18)10-13/h6-7,10,12H,8-9,11H2,1-5H3. The summed E-state index contributed by atoms with van der Waals surface area (Å²) in [6, 6.07) is 5.81. The number of halogens is 1. The minimum absolute atomic E-state index is 0.281. The largest absolute Gasteiger partial charge is 0.496 e. The first-order valence-corrected chi connectivity index (χ1v) is 7.84. The number of carbonyl (C=O) groups excluding carboxylic acids is 1. The maximum absolute atomic E-state index is 12.1. The molecule has 0 aliphatic heterocycles. The van der Waals surface area contributed by atoms with Crippen LogP contribution in [0.5, 0.6) is 5.75 Å². The van der Waals surface area contributed by atoms with E-state index >= 15 is 0 Å². The molecule has 0 fully saturated rings. The van der Waals surface area contributed by atoms with Gasteiger partial charge in [-0.1, -0.05) is 33.8 Å². The molecule has 0 saturated heterocycles. The maximum atomic E-state index is 12.1. The number of hydrogen-bond donors (Lipinski definition) is 0. The molecule has 2 nitrogen and oxygen atoms in total. The smallest absolute Gasteiger partial charge is 0.137 e. The molecule has 0 saturated carbocycles. The average molecular weight is 341 g/mol. The van der Waals surface area contributed by atoms with Gasteiger partial charge >= 0.3 is 0 Å². The van der Waals surface area contributed by atoms with E-state index in [0.717, 1.165) is 22.2 Å². The molecule has 3 heteroatoms. The molecule has 1 aromatic rings. The number of ketones is 1. The van der Waals surface area contributed by atoms with Crippen LogP contribution in [0.2, 0.25) is 0 Å². The highest BCUT2D eigenvalue weighted by Crippen LogP contribution is 2.28. The Bertz CT molecular complexity index is 461. The van der Waals surface area contributed by atoms with Gasteiger partial charge in [-0.2, -0.15) is 0 Å². The molecule has 1 unspecified atom stereocenters. The summed E-state index contributed by atoms with van der Waals surface area (Å²) in [6.07, 6.45) is 2.23. The molecule has 0 aliphatic carbocycles. The second-order valence-electron chi connectivity index (χ2n) is 6.76. The van der Waals surface area contributed by atoms with Gasteiger partial charge in [-0.15, -0.1) is 0 Å². The number of rotatable bonds is 6. The summed E-state index contributed by atoms with van der Waals surface area (Å²) in [7, 11) is 1.64. The third-order valence-corrected chi connectivity index (χ3v) is 3.77. The maximum Gasteiger partial charge on any atom is 0.137 e. The fourth-order valence-corrected chi connectivity index (χ4v) is 3.21. The highest BCUT2D eigenvalue weighted by atomic mass is 79.9. The van der Waals surface area contributed by atoms with Crippen molar-refractivity contribution >= 4 is 21.7 Å². The van der Waals surface area contributed by atoms with Gasteiger partial charge < -0.3 is 4.74 Å². The van der Waals surface area contributed by atoms with Crippen LogP contribution in [0.3, 0.4) is 0 Å². The number of Topliss-reactive ketones (excluding diaryl/α,β-unsaturated/α-hetero) is 1. The quantitative estimate of drug-likeness (QED) is 0.725. The molecule has 20 heavy (non-hydrogen) atoms. The Kier molecular flexibility index (Phi) is 6.25. The van der Waals surface area contributed by atoms with E-state index in [1.165, 1.54) is 0 Å². The lowest BCUT2D eigenvalue weighted by Gasteiger charge is -2.22. The van der Waals surface area contributed by atoms with E-state index in [4.69, 9.17) is 4.74 Å². The van der Waals surface area contributed by atoms with Crippen molar-refractivity contribution in [1.29, 1.82) is 0 Å². The van der Waals surface area contributed by atoms with Crippen molar-refractivity contribution in [2.75, 3.05) is 7.11 Å². The average Bonchev–Trinajstić information content (AvgIpc) is 2.25. The fourth-order valence-electron chi connectivity index (χ4n) is 2.63. The topological polar surface area (TPSA) is 26.3 Å². The molecule has 1 rings (SSSR count). The molecule has 0 aliphatic rings. The van der Waals surface area contributed by atoms with Crippen LogP contribution in [0.4, 0.5) is 0 Å². The van der Waals surface area contributed by atoms with Crippen molar-refractivity contribution in [1.82, 2.24) is 0 Å². The van der Waals surface area contributed by atoms with Gasteiger partial charge in [0.2, 0.25) is 0 Å². The lowest BCUT2D eigenvalue weighted by atomic mass is 9.83. The molecule has 1 atom stereocenters. The highest BCUT2D eigenvalue weighted by molar-refractivity contribution is 9.10. The van der Waals surface area contributed by atoms with Gasteiger partial charge in [-0.3, -0.25) is 4.79 Å².